The molecule has 0 aliphatic heterocycles. The summed E-state index contributed by atoms with van der Waals surface area (Å²) in [6.07, 6.45) is 2.27. The first-order valence-corrected chi connectivity index (χ1v) is 7.52. The van der Waals surface area contributed by atoms with Gasteiger partial charge in [-0.2, -0.15) is 11.8 Å². The Balaban J connectivity index is 2.11. The molecule has 0 aliphatic rings. The molecule has 0 bridgehead atoms. The number of fused-ring (bicyclic) bond motifs is 1. The van der Waals surface area contributed by atoms with Crippen LogP contribution in [0.1, 0.15) is 17.0 Å². The first-order valence-electron chi connectivity index (χ1n) is 6.13. The van der Waals surface area contributed by atoms with Gasteiger partial charge in [-0.3, -0.25) is 4.79 Å². The Morgan fingerprint density at radius 2 is 2.15 bits per heavy atom. The lowest BCUT2D eigenvalue weighted by Crippen LogP contribution is -2.41. The minimum atomic E-state index is -1.04. The molecule has 1 amide bonds. The summed E-state index contributed by atoms with van der Waals surface area (Å²) in [5, 5.41) is 12.4. The van der Waals surface area contributed by atoms with Crippen LogP contribution >= 0.6 is 11.8 Å². The van der Waals surface area contributed by atoms with Crippen molar-refractivity contribution in [2.24, 2.45) is 0 Å². The van der Waals surface area contributed by atoms with Gasteiger partial charge >= 0.3 is 5.97 Å². The largest absolute Gasteiger partial charge is 0.480 e. The smallest absolute Gasteiger partial charge is 0.326 e. The Morgan fingerprint density at radius 1 is 1.40 bits per heavy atom. The minimum absolute atomic E-state index is 0.126. The van der Waals surface area contributed by atoms with Gasteiger partial charge in [-0.15, -0.1) is 0 Å². The Labute approximate surface area is 120 Å². The van der Waals surface area contributed by atoms with Crippen LogP contribution in [0.3, 0.4) is 0 Å². The van der Waals surface area contributed by atoms with Crippen molar-refractivity contribution in [3.8, 4) is 0 Å². The van der Waals surface area contributed by atoms with Crippen LogP contribution in [0.5, 0.6) is 0 Å². The topological polar surface area (TPSA) is 79.5 Å². The number of benzene rings is 1. The number of hydrogen-bond acceptors (Lipinski definition) is 4. The molecule has 0 saturated carbocycles. The maximum Gasteiger partial charge on any atom is 0.326 e. The molecule has 20 heavy (non-hydrogen) atoms. The standard InChI is InChI=1S/C14H15NO4S/c1-20-7-6-10(14(17)18)15-13(16)12-8-9-4-2-3-5-11(9)19-12/h2-5,8,10H,6-7H2,1H3,(H,15,16)(H,17,18)/t10-/m1/s1. The molecule has 2 aromatic rings. The van der Waals surface area contributed by atoms with E-state index in [0.717, 1.165) is 5.39 Å². The van der Waals surface area contributed by atoms with Gasteiger partial charge in [-0.05, 0) is 30.6 Å². The molecule has 6 heteroatoms. The van der Waals surface area contributed by atoms with Gasteiger partial charge in [0.05, 0.1) is 0 Å². The number of aliphatic carboxylic acids is 1. The third-order valence-electron chi connectivity index (χ3n) is 2.86. The summed E-state index contributed by atoms with van der Waals surface area (Å²) in [6.45, 7) is 0. The number of carboxylic acids is 1. The van der Waals surface area contributed by atoms with E-state index in [9.17, 15) is 9.59 Å². The van der Waals surface area contributed by atoms with Crippen molar-refractivity contribution in [3.05, 3.63) is 36.1 Å². The number of para-hydroxylation sites is 1. The molecule has 1 aromatic heterocycles. The maximum absolute atomic E-state index is 12.0. The third-order valence-corrected chi connectivity index (χ3v) is 3.51. The van der Waals surface area contributed by atoms with Crippen LogP contribution in [-0.4, -0.2) is 35.0 Å². The van der Waals surface area contributed by atoms with Crippen molar-refractivity contribution >= 4 is 34.6 Å². The summed E-state index contributed by atoms with van der Waals surface area (Å²) in [5.41, 5.74) is 0.605. The fourth-order valence-corrected chi connectivity index (χ4v) is 2.29. The van der Waals surface area contributed by atoms with E-state index in [-0.39, 0.29) is 5.76 Å². The molecular weight excluding hydrogens is 278 g/mol. The monoisotopic (exact) mass is 293 g/mol. The Bertz CT molecular complexity index is 589. The molecule has 1 atom stereocenters. The zero-order valence-electron chi connectivity index (χ0n) is 11.0. The van der Waals surface area contributed by atoms with Crippen molar-refractivity contribution in [1.29, 1.82) is 0 Å². The van der Waals surface area contributed by atoms with Crippen LogP contribution in [0.15, 0.2) is 34.7 Å². The lowest BCUT2D eigenvalue weighted by atomic mass is 10.2. The molecule has 2 rings (SSSR count). The predicted octanol–water partition coefficient (Wildman–Crippen LogP) is 2.37. The lowest BCUT2D eigenvalue weighted by Gasteiger charge is -2.12. The molecule has 5 nitrogen and oxygen atoms in total. The predicted molar refractivity (Wildman–Crippen MR) is 78.1 cm³/mol. The summed E-state index contributed by atoms with van der Waals surface area (Å²) in [5.74, 6) is -0.753. The van der Waals surface area contributed by atoms with Gasteiger partial charge in [0.2, 0.25) is 0 Å². The van der Waals surface area contributed by atoms with E-state index in [1.54, 1.807) is 12.1 Å². The molecular formula is C14H15NO4S. The fraction of sp³-hybridized carbons (Fsp3) is 0.286. The van der Waals surface area contributed by atoms with Gasteiger partial charge in [0, 0.05) is 5.39 Å². The Kier molecular flexibility index (Phi) is 4.68. The average molecular weight is 293 g/mol. The molecule has 106 valence electrons. The average Bonchev–Trinajstić information content (AvgIpc) is 2.86. The number of thioether (sulfide) groups is 1. The normalized spacial score (nSPS) is 12.2. The summed E-state index contributed by atoms with van der Waals surface area (Å²) >= 11 is 1.54. The van der Waals surface area contributed by atoms with Gasteiger partial charge in [0.15, 0.2) is 5.76 Å². The van der Waals surface area contributed by atoms with Gasteiger partial charge in [0.25, 0.3) is 5.91 Å². The van der Waals surface area contributed by atoms with Crippen molar-refractivity contribution in [1.82, 2.24) is 5.32 Å². The van der Waals surface area contributed by atoms with Crippen LogP contribution < -0.4 is 5.32 Å². The Morgan fingerprint density at radius 3 is 2.80 bits per heavy atom. The van der Waals surface area contributed by atoms with E-state index in [1.807, 2.05) is 24.5 Å². The number of rotatable bonds is 6. The van der Waals surface area contributed by atoms with E-state index in [2.05, 4.69) is 5.32 Å². The van der Waals surface area contributed by atoms with Crippen LogP contribution in [0.2, 0.25) is 0 Å². The SMILES string of the molecule is CSCC[C@@H](NC(=O)c1cc2ccccc2o1)C(=O)O. The van der Waals surface area contributed by atoms with Crippen LogP contribution in [0, 0.1) is 0 Å². The second-order valence-electron chi connectivity index (χ2n) is 4.29. The third kappa shape index (κ3) is 3.33. The maximum atomic E-state index is 12.0. The summed E-state index contributed by atoms with van der Waals surface area (Å²) < 4.78 is 5.40. The zero-order valence-corrected chi connectivity index (χ0v) is 11.8. The molecule has 2 N–H and O–H groups in total. The fourth-order valence-electron chi connectivity index (χ4n) is 1.82. The van der Waals surface area contributed by atoms with Gasteiger partial charge in [-0.1, -0.05) is 18.2 Å². The molecule has 0 spiro atoms. The van der Waals surface area contributed by atoms with E-state index < -0.39 is 17.9 Å². The number of amides is 1. The molecule has 0 unspecified atom stereocenters. The highest BCUT2D eigenvalue weighted by Gasteiger charge is 2.22. The molecule has 0 fully saturated rings. The van der Waals surface area contributed by atoms with E-state index >= 15 is 0 Å². The lowest BCUT2D eigenvalue weighted by molar-refractivity contribution is -0.139. The summed E-state index contributed by atoms with van der Waals surface area (Å²) in [4.78, 5) is 23.1. The first-order chi connectivity index (χ1) is 9.61. The van der Waals surface area contributed by atoms with Crippen LogP contribution in [0.25, 0.3) is 11.0 Å². The second-order valence-corrected chi connectivity index (χ2v) is 5.28. The first kappa shape index (κ1) is 14.5. The minimum Gasteiger partial charge on any atom is -0.480 e. The van der Waals surface area contributed by atoms with E-state index in [4.69, 9.17) is 9.52 Å². The highest BCUT2D eigenvalue weighted by Crippen LogP contribution is 2.18. The highest BCUT2D eigenvalue weighted by molar-refractivity contribution is 7.98. The van der Waals surface area contributed by atoms with Crippen LogP contribution in [-0.2, 0) is 4.79 Å². The molecule has 0 saturated heterocycles. The number of carbonyl (C=O) groups excluding carboxylic acids is 1. The number of furan rings is 1. The number of carbonyl (C=O) groups is 2. The quantitative estimate of drug-likeness (QED) is 0.854. The van der Waals surface area contributed by atoms with Crippen molar-refractivity contribution in [3.63, 3.8) is 0 Å². The number of carboxylic acid groups (broad SMARTS) is 1. The number of hydrogen-bond donors (Lipinski definition) is 2. The number of nitrogens with one attached hydrogen (secondary N) is 1. The Hall–Kier alpha value is -1.95. The molecule has 1 heterocycles. The molecule has 1 aromatic carbocycles. The summed E-state index contributed by atoms with van der Waals surface area (Å²) in [6, 6.07) is 7.96. The highest BCUT2D eigenvalue weighted by atomic mass is 32.2. The van der Waals surface area contributed by atoms with Gasteiger partial charge in [-0.25, -0.2) is 4.79 Å². The van der Waals surface area contributed by atoms with Gasteiger partial charge < -0.3 is 14.8 Å². The van der Waals surface area contributed by atoms with Crippen molar-refractivity contribution in [2.75, 3.05) is 12.0 Å². The molecule has 0 aliphatic carbocycles. The molecule has 0 radical (unpaired) electrons. The van der Waals surface area contributed by atoms with Crippen molar-refractivity contribution in [2.45, 2.75) is 12.5 Å². The van der Waals surface area contributed by atoms with Gasteiger partial charge in [0.1, 0.15) is 11.6 Å². The van der Waals surface area contributed by atoms with Crippen LogP contribution in [0.4, 0.5) is 0 Å². The van der Waals surface area contributed by atoms with E-state index in [0.29, 0.717) is 17.8 Å². The zero-order chi connectivity index (χ0) is 14.5. The van der Waals surface area contributed by atoms with E-state index in [1.165, 1.54) is 11.8 Å². The van der Waals surface area contributed by atoms with Crippen molar-refractivity contribution < 1.29 is 19.1 Å². The second kappa shape index (κ2) is 6.47. The summed E-state index contributed by atoms with van der Waals surface area (Å²) in [7, 11) is 0.